The molecule has 98 valence electrons. The monoisotopic (exact) mass is 294 g/mol. The minimum atomic E-state index is -0.0932. The molecular formula is C15H12Cl2O2. The Morgan fingerprint density at radius 2 is 1.63 bits per heavy atom. The van der Waals surface area contributed by atoms with Gasteiger partial charge in [-0.1, -0.05) is 23.2 Å². The largest absolute Gasteiger partial charge is 0.496 e. The van der Waals surface area contributed by atoms with Gasteiger partial charge >= 0.3 is 0 Å². The maximum Gasteiger partial charge on any atom is 0.193 e. The van der Waals surface area contributed by atoms with Gasteiger partial charge in [0.15, 0.2) is 5.78 Å². The van der Waals surface area contributed by atoms with Crippen molar-refractivity contribution in [3.63, 3.8) is 0 Å². The van der Waals surface area contributed by atoms with Crippen molar-refractivity contribution in [1.82, 2.24) is 0 Å². The third-order valence-corrected chi connectivity index (χ3v) is 3.58. The maximum atomic E-state index is 12.3. The molecule has 19 heavy (non-hydrogen) atoms. The van der Waals surface area contributed by atoms with Gasteiger partial charge in [-0.15, -0.1) is 0 Å². The second-order valence-electron chi connectivity index (χ2n) is 4.14. The number of hydrogen-bond acceptors (Lipinski definition) is 2. The number of ether oxygens (including phenoxy) is 1. The van der Waals surface area contributed by atoms with Crippen LogP contribution in [0.2, 0.25) is 10.0 Å². The quantitative estimate of drug-likeness (QED) is 0.777. The molecule has 0 N–H and O–H groups in total. The fourth-order valence-electron chi connectivity index (χ4n) is 1.82. The summed E-state index contributed by atoms with van der Waals surface area (Å²) in [5, 5.41) is 0.807. The highest BCUT2D eigenvalue weighted by atomic mass is 35.5. The van der Waals surface area contributed by atoms with Crippen LogP contribution >= 0.6 is 23.2 Å². The third-order valence-electron chi connectivity index (χ3n) is 2.84. The Kier molecular flexibility index (Phi) is 4.13. The van der Waals surface area contributed by atoms with E-state index in [2.05, 4.69) is 0 Å². The van der Waals surface area contributed by atoms with Gasteiger partial charge in [-0.2, -0.15) is 0 Å². The second-order valence-corrected chi connectivity index (χ2v) is 4.96. The van der Waals surface area contributed by atoms with Crippen LogP contribution in [-0.2, 0) is 0 Å². The van der Waals surface area contributed by atoms with Crippen molar-refractivity contribution in [2.24, 2.45) is 0 Å². The van der Waals surface area contributed by atoms with Crippen molar-refractivity contribution in [1.29, 1.82) is 0 Å². The number of ketones is 1. The summed E-state index contributed by atoms with van der Waals surface area (Å²) in [4.78, 5) is 12.3. The Morgan fingerprint density at radius 3 is 2.21 bits per heavy atom. The van der Waals surface area contributed by atoms with Gasteiger partial charge < -0.3 is 4.74 Å². The molecule has 0 aromatic heterocycles. The molecule has 0 aliphatic heterocycles. The number of carbonyl (C=O) groups excluding carboxylic acids is 1. The van der Waals surface area contributed by atoms with Gasteiger partial charge in [0.2, 0.25) is 0 Å². The predicted octanol–water partition coefficient (Wildman–Crippen LogP) is 4.54. The van der Waals surface area contributed by atoms with Crippen molar-refractivity contribution in [2.45, 2.75) is 6.92 Å². The first-order valence-electron chi connectivity index (χ1n) is 5.67. The first-order chi connectivity index (χ1) is 9.02. The number of carbonyl (C=O) groups is 1. The second kappa shape index (κ2) is 5.64. The summed E-state index contributed by atoms with van der Waals surface area (Å²) >= 11 is 11.8. The Hall–Kier alpha value is -1.51. The number of hydrogen-bond donors (Lipinski definition) is 0. The lowest BCUT2D eigenvalue weighted by atomic mass is 10.0. The van der Waals surface area contributed by atoms with Crippen molar-refractivity contribution in [3.8, 4) is 5.75 Å². The Balaban J connectivity index is 2.38. The molecule has 0 bridgehead atoms. The third kappa shape index (κ3) is 2.91. The number of halogens is 2. The van der Waals surface area contributed by atoms with Crippen LogP contribution < -0.4 is 4.74 Å². The van der Waals surface area contributed by atoms with E-state index < -0.39 is 0 Å². The topological polar surface area (TPSA) is 26.3 Å². The molecule has 2 aromatic carbocycles. The number of aryl methyl sites for hydroxylation is 1. The highest BCUT2D eigenvalue weighted by Gasteiger charge is 2.12. The van der Waals surface area contributed by atoms with E-state index in [-0.39, 0.29) is 5.78 Å². The highest BCUT2D eigenvalue weighted by molar-refractivity contribution is 6.42. The van der Waals surface area contributed by atoms with Crippen LogP contribution in [-0.4, -0.2) is 12.9 Å². The van der Waals surface area contributed by atoms with E-state index in [9.17, 15) is 4.79 Å². The van der Waals surface area contributed by atoms with Gasteiger partial charge in [-0.05, 0) is 48.9 Å². The molecule has 0 amide bonds. The molecule has 0 unspecified atom stereocenters. The van der Waals surface area contributed by atoms with Gasteiger partial charge in [-0.3, -0.25) is 4.79 Å². The molecule has 2 rings (SSSR count). The van der Waals surface area contributed by atoms with Crippen molar-refractivity contribution in [3.05, 3.63) is 63.1 Å². The summed E-state index contributed by atoms with van der Waals surface area (Å²) in [7, 11) is 1.60. The van der Waals surface area contributed by atoms with E-state index in [1.165, 1.54) is 0 Å². The minimum Gasteiger partial charge on any atom is -0.496 e. The first kappa shape index (κ1) is 13.9. The van der Waals surface area contributed by atoms with Gasteiger partial charge in [0.1, 0.15) is 5.75 Å². The summed E-state index contributed by atoms with van der Waals surface area (Å²) in [5.74, 6) is 0.662. The molecule has 0 spiro atoms. The standard InChI is InChI=1S/C15H12Cl2O2/c1-9-7-10(4-6-14(9)19-2)15(18)11-3-5-12(16)13(17)8-11/h3-8H,1-2H3. The van der Waals surface area contributed by atoms with Crippen LogP contribution in [0.4, 0.5) is 0 Å². The van der Waals surface area contributed by atoms with E-state index in [1.54, 1.807) is 43.5 Å². The zero-order chi connectivity index (χ0) is 14.0. The fraction of sp³-hybridized carbons (Fsp3) is 0.133. The first-order valence-corrected chi connectivity index (χ1v) is 6.43. The van der Waals surface area contributed by atoms with Crippen LogP contribution in [0.3, 0.4) is 0 Å². The van der Waals surface area contributed by atoms with Gasteiger partial charge in [0, 0.05) is 11.1 Å². The van der Waals surface area contributed by atoms with Crippen molar-refractivity contribution < 1.29 is 9.53 Å². The molecule has 0 fully saturated rings. The average molecular weight is 295 g/mol. The van der Waals surface area contributed by atoms with Crippen molar-refractivity contribution >= 4 is 29.0 Å². The Bertz CT molecular complexity index is 636. The molecule has 0 saturated carbocycles. The van der Waals surface area contributed by atoms with E-state index in [4.69, 9.17) is 27.9 Å². The van der Waals surface area contributed by atoms with Crippen LogP contribution in [0.5, 0.6) is 5.75 Å². The van der Waals surface area contributed by atoms with E-state index in [1.807, 2.05) is 6.92 Å². The summed E-state index contributed by atoms with van der Waals surface area (Å²) in [6, 6.07) is 10.2. The Labute approximate surface area is 121 Å². The predicted molar refractivity (Wildman–Crippen MR) is 77.6 cm³/mol. The van der Waals surface area contributed by atoms with Gasteiger partial charge in [0.25, 0.3) is 0 Å². The van der Waals surface area contributed by atoms with Crippen LogP contribution in [0.15, 0.2) is 36.4 Å². The van der Waals surface area contributed by atoms with Crippen molar-refractivity contribution in [2.75, 3.05) is 7.11 Å². The number of rotatable bonds is 3. The van der Waals surface area contributed by atoms with E-state index in [0.29, 0.717) is 21.2 Å². The summed E-state index contributed by atoms with van der Waals surface area (Å²) in [5.41, 5.74) is 2.02. The van der Waals surface area contributed by atoms with Gasteiger partial charge in [0.05, 0.1) is 17.2 Å². The molecule has 4 heteroatoms. The maximum absolute atomic E-state index is 12.3. The lowest BCUT2D eigenvalue weighted by Gasteiger charge is -2.07. The number of methoxy groups -OCH3 is 1. The van der Waals surface area contributed by atoms with E-state index in [0.717, 1.165) is 11.3 Å². The molecule has 0 aliphatic rings. The molecule has 0 aliphatic carbocycles. The smallest absolute Gasteiger partial charge is 0.193 e. The lowest BCUT2D eigenvalue weighted by Crippen LogP contribution is -2.02. The Morgan fingerprint density at radius 1 is 1.00 bits per heavy atom. The van der Waals surface area contributed by atoms with Crippen LogP contribution in [0.25, 0.3) is 0 Å². The summed E-state index contributed by atoms with van der Waals surface area (Å²) in [6.07, 6.45) is 0. The molecule has 0 radical (unpaired) electrons. The molecule has 0 heterocycles. The SMILES string of the molecule is COc1ccc(C(=O)c2ccc(Cl)c(Cl)c2)cc1C. The molecule has 0 saturated heterocycles. The fourth-order valence-corrected chi connectivity index (χ4v) is 2.12. The molecule has 2 aromatic rings. The summed E-state index contributed by atoms with van der Waals surface area (Å²) < 4.78 is 5.17. The highest BCUT2D eigenvalue weighted by Crippen LogP contribution is 2.25. The van der Waals surface area contributed by atoms with Crippen LogP contribution in [0.1, 0.15) is 21.5 Å². The minimum absolute atomic E-state index is 0.0932. The van der Waals surface area contributed by atoms with E-state index >= 15 is 0 Å². The van der Waals surface area contributed by atoms with Gasteiger partial charge in [-0.25, -0.2) is 0 Å². The lowest BCUT2D eigenvalue weighted by molar-refractivity contribution is 0.103. The zero-order valence-electron chi connectivity index (χ0n) is 10.5. The average Bonchev–Trinajstić information content (AvgIpc) is 2.41. The molecular weight excluding hydrogens is 283 g/mol. The zero-order valence-corrected chi connectivity index (χ0v) is 12.0. The molecule has 0 atom stereocenters. The molecule has 2 nitrogen and oxygen atoms in total. The van der Waals surface area contributed by atoms with Crippen LogP contribution in [0, 0.1) is 6.92 Å². The normalized spacial score (nSPS) is 10.3. The summed E-state index contributed by atoms with van der Waals surface area (Å²) in [6.45, 7) is 1.89. The number of benzene rings is 2.